The van der Waals surface area contributed by atoms with Crippen LogP contribution in [0.4, 0.5) is 5.82 Å². The van der Waals surface area contributed by atoms with Crippen LogP contribution in [0.15, 0.2) is 42.6 Å². The molecule has 2 aromatic rings. The second-order valence-electron chi connectivity index (χ2n) is 4.00. The molecule has 0 atom stereocenters. The summed E-state index contributed by atoms with van der Waals surface area (Å²) in [6.07, 6.45) is 1.46. The number of carbonyl (C=O) groups excluding carboxylic acids is 1. The predicted molar refractivity (Wildman–Crippen MR) is 72.8 cm³/mol. The van der Waals surface area contributed by atoms with E-state index in [1.807, 2.05) is 24.3 Å². The number of methoxy groups -OCH3 is 1. The highest BCUT2D eigenvalue weighted by molar-refractivity contribution is 5.93. The first-order valence-electron chi connectivity index (χ1n) is 5.81. The van der Waals surface area contributed by atoms with Gasteiger partial charge in [0.25, 0.3) is 5.91 Å². The normalized spacial score (nSPS) is 9.95. The Morgan fingerprint density at radius 1 is 1.26 bits per heavy atom. The van der Waals surface area contributed by atoms with Crippen molar-refractivity contribution in [2.45, 2.75) is 6.54 Å². The van der Waals surface area contributed by atoms with E-state index in [2.05, 4.69) is 10.3 Å². The van der Waals surface area contributed by atoms with Crippen LogP contribution in [0.2, 0.25) is 0 Å². The minimum Gasteiger partial charge on any atom is -0.497 e. The van der Waals surface area contributed by atoms with Gasteiger partial charge in [0, 0.05) is 12.7 Å². The molecule has 0 aliphatic rings. The second-order valence-corrected chi connectivity index (χ2v) is 4.00. The van der Waals surface area contributed by atoms with E-state index in [0.29, 0.717) is 17.9 Å². The quantitative estimate of drug-likeness (QED) is 0.872. The van der Waals surface area contributed by atoms with Crippen molar-refractivity contribution in [3.63, 3.8) is 0 Å². The topological polar surface area (TPSA) is 77.2 Å². The summed E-state index contributed by atoms with van der Waals surface area (Å²) in [5.74, 6) is 1.01. The van der Waals surface area contributed by atoms with Gasteiger partial charge in [0.2, 0.25) is 0 Å². The van der Waals surface area contributed by atoms with Gasteiger partial charge in [-0.05, 0) is 29.8 Å². The molecule has 0 fully saturated rings. The Bertz CT molecular complexity index is 550. The van der Waals surface area contributed by atoms with E-state index in [0.717, 1.165) is 11.3 Å². The van der Waals surface area contributed by atoms with E-state index in [9.17, 15) is 4.79 Å². The third kappa shape index (κ3) is 3.45. The predicted octanol–water partition coefficient (Wildman–Crippen LogP) is 1.60. The van der Waals surface area contributed by atoms with E-state index in [1.54, 1.807) is 19.2 Å². The van der Waals surface area contributed by atoms with Gasteiger partial charge in [-0.3, -0.25) is 4.79 Å². The number of anilines is 1. The Hall–Kier alpha value is -2.56. The summed E-state index contributed by atoms with van der Waals surface area (Å²) in [7, 11) is 1.62. The van der Waals surface area contributed by atoms with Crippen LogP contribution in [0.3, 0.4) is 0 Å². The summed E-state index contributed by atoms with van der Waals surface area (Å²) in [5.41, 5.74) is 6.95. The number of rotatable bonds is 4. The number of ether oxygens (including phenoxy) is 1. The molecule has 0 spiro atoms. The Morgan fingerprint density at radius 3 is 2.58 bits per heavy atom. The summed E-state index contributed by atoms with van der Waals surface area (Å²) in [6, 6.07) is 10.8. The first-order valence-corrected chi connectivity index (χ1v) is 5.81. The molecule has 0 saturated carbocycles. The highest BCUT2D eigenvalue weighted by atomic mass is 16.5. The van der Waals surface area contributed by atoms with Crippen molar-refractivity contribution in [3.05, 3.63) is 53.7 Å². The molecule has 1 amide bonds. The van der Waals surface area contributed by atoms with Crippen molar-refractivity contribution in [2.24, 2.45) is 0 Å². The fraction of sp³-hybridized carbons (Fsp3) is 0.143. The van der Waals surface area contributed by atoms with Gasteiger partial charge in [-0.2, -0.15) is 0 Å². The number of benzene rings is 1. The standard InChI is InChI=1S/C14H15N3O2/c1-19-12-5-2-10(3-6-12)8-17-14(18)11-4-7-13(15)16-9-11/h2-7,9H,8H2,1H3,(H2,15,16)(H,17,18). The largest absolute Gasteiger partial charge is 0.497 e. The SMILES string of the molecule is COc1ccc(CNC(=O)c2ccc(N)nc2)cc1. The number of nitrogens with zero attached hydrogens (tertiary/aromatic N) is 1. The number of pyridine rings is 1. The molecular weight excluding hydrogens is 242 g/mol. The summed E-state index contributed by atoms with van der Waals surface area (Å²) < 4.78 is 5.07. The molecule has 3 N–H and O–H groups in total. The van der Waals surface area contributed by atoms with Crippen LogP contribution in [-0.4, -0.2) is 18.0 Å². The molecule has 0 aliphatic heterocycles. The summed E-state index contributed by atoms with van der Waals surface area (Å²) >= 11 is 0. The molecule has 0 aliphatic carbocycles. The van der Waals surface area contributed by atoms with Crippen molar-refractivity contribution in [1.82, 2.24) is 10.3 Å². The molecule has 98 valence electrons. The molecule has 5 heteroatoms. The van der Waals surface area contributed by atoms with Crippen molar-refractivity contribution in [3.8, 4) is 5.75 Å². The zero-order chi connectivity index (χ0) is 13.7. The molecule has 0 unspecified atom stereocenters. The molecular formula is C14H15N3O2. The first kappa shape index (κ1) is 12.9. The van der Waals surface area contributed by atoms with Crippen LogP contribution in [-0.2, 0) is 6.54 Å². The number of nitrogens with one attached hydrogen (secondary N) is 1. The lowest BCUT2D eigenvalue weighted by Crippen LogP contribution is -2.22. The Labute approximate surface area is 111 Å². The molecule has 1 heterocycles. The van der Waals surface area contributed by atoms with Crippen LogP contribution in [0.1, 0.15) is 15.9 Å². The van der Waals surface area contributed by atoms with Gasteiger partial charge in [0.05, 0.1) is 12.7 Å². The number of carbonyl (C=O) groups is 1. The smallest absolute Gasteiger partial charge is 0.253 e. The second kappa shape index (κ2) is 5.86. The molecule has 0 radical (unpaired) electrons. The fourth-order valence-electron chi connectivity index (χ4n) is 1.57. The third-order valence-electron chi connectivity index (χ3n) is 2.66. The lowest BCUT2D eigenvalue weighted by atomic mass is 10.2. The number of aromatic nitrogens is 1. The number of hydrogen-bond acceptors (Lipinski definition) is 4. The molecule has 0 saturated heterocycles. The van der Waals surface area contributed by atoms with Gasteiger partial charge in [-0.25, -0.2) is 4.98 Å². The maximum atomic E-state index is 11.8. The maximum absolute atomic E-state index is 11.8. The van der Waals surface area contributed by atoms with E-state index < -0.39 is 0 Å². The van der Waals surface area contributed by atoms with Gasteiger partial charge in [0.15, 0.2) is 0 Å². The van der Waals surface area contributed by atoms with Gasteiger partial charge in [-0.1, -0.05) is 12.1 Å². The van der Waals surface area contributed by atoms with E-state index in [-0.39, 0.29) is 5.91 Å². The van der Waals surface area contributed by atoms with E-state index >= 15 is 0 Å². The van der Waals surface area contributed by atoms with Crippen molar-refractivity contribution in [2.75, 3.05) is 12.8 Å². The zero-order valence-electron chi connectivity index (χ0n) is 10.6. The van der Waals surface area contributed by atoms with E-state index in [4.69, 9.17) is 10.5 Å². The first-order chi connectivity index (χ1) is 9.19. The molecule has 0 bridgehead atoms. The van der Waals surface area contributed by atoms with Gasteiger partial charge in [0.1, 0.15) is 11.6 Å². The van der Waals surface area contributed by atoms with Crippen LogP contribution in [0.5, 0.6) is 5.75 Å². The lowest BCUT2D eigenvalue weighted by Gasteiger charge is -2.06. The van der Waals surface area contributed by atoms with Crippen LogP contribution in [0, 0.1) is 0 Å². The Balaban J connectivity index is 1.94. The Morgan fingerprint density at radius 2 is 2.00 bits per heavy atom. The average molecular weight is 257 g/mol. The minimum atomic E-state index is -0.177. The highest BCUT2D eigenvalue weighted by Crippen LogP contribution is 2.11. The van der Waals surface area contributed by atoms with Crippen LogP contribution in [0.25, 0.3) is 0 Å². The van der Waals surface area contributed by atoms with Gasteiger partial charge >= 0.3 is 0 Å². The van der Waals surface area contributed by atoms with Crippen molar-refractivity contribution < 1.29 is 9.53 Å². The van der Waals surface area contributed by atoms with Gasteiger partial charge < -0.3 is 15.8 Å². The van der Waals surface area contributed by atoms with Crippen molar-refractivity contribution in [1.29, 1.82) is 0 Å². The molecule has 19 heavy (non-hydrogen) atoms. The molecule has 1 aromatic heterocycles. The highest BCUT2D eigenvalue weighted by Gasteiger charge is 2.05. The summed E-state index contributed by atoms with van der Waals surface area (Å²) in [6.45, 7) is 0.452. The number of nitrogens with two attached hydrogens (primary N) is 1. The van der Waals surface area contributed by atoms with E-state index in [1.165, 1.54) is 6.20 Å². The third-order valence-corrected chi connectivity index (χ3v) is 2.66. The Kier molecular flexibility index (Phi) is 3.97. The molecule has 2 rings (SSSR count). The number of nitrogen functional groups attached to an aromatic ring is 1. The summed E-state index contributed by atoms with van der Waals surface area (Å²) in [5, 5.41) is 2.81. The maximum Gasteiger partial charge on any atom is 0.253 e. The molecule has 1 aromatic carbocycles. The van der Waals surface area contributed by atoms with Crippen LogP contribution < -0.4 is 15.8 Å². The van der Waals surface area contributed by atoms with Crippen LogP contribution >= 0.6 is 0 Å². The summed E-state index contributed by atoms with van der Waals surface area (Å²) in [4.78, 5) is 15.7. The minimum absolute atomic E-state index is 0.177. The zero-order valence-corrected chi connectivity index (χ0v) is 10.6. The van der Waals surface area contributed by atoms with Gasteiger partial charge in [-0.15, -0.1) is 0 Å². The number of amides is 1. The molecule has 5 nitrogen and oxygen atoms in total. The lowest BCUT2D eigenvalue weighted by molar-refractivity contribution is 0.0950. The fourth-order valence-corrected chi connectivity index (χ4v) is 1.57. The monoisotopic (exact) mass is 257 g/mol. The van der Waals surface area contributed by atoms with Crippen molar-refractivity contribution >= 4 is 11.7 Å². The average Bonchev–Trinajstić information content (AvgIpc) is 2.46. The number of hydrogen-bond donors (Lipinski definition) is 2.